The number of amides is 1. The second kappa shape index (κ2) is 5.84. The third-order valence-electron chi connectivity index (χ3n) is 2.38. The van der Waals surface area contributed by atoms with Gasteiger partial charge in [0, 0.05) is 5.69 Å². The van der Waals surface area contributed by atoms with Crippen molar-refractivity contribution in [3.05, 3.63) is 29.3 Å². The standard InChI is InChI=1S/C14H19NO4/c1-9-7-10(13(17)18)5-6-11(9)15-12(16)8-19-14(2,3)4/h5-7H,8H2,1-4H3,(H,15,16)(H,17,18). The number of aromatic carboxylic acids is 1. The molecule has 0 bridgehead atoms. The molecule has 0 spiro atoms. The van der Waals surface area contributed by atoms with E-state index in [1.807, 2.05) is 20.8 Å². The maximum Gasteiger partial charge on any atom is 0.335 e. The van der Waals surface area contributed by atoms with Gasteiger partial charge in [-0.3, -0.25) is 4.79 Å². The Morgan fingerprint density at radius 1 is 1.32 bits per heavy atom. The number of carbonyl (C=O) groups excluding carboxylic acids is 1. The molecular weight excluding hydrogens is 246 g/mol. The number of ether oxygens (including phenoxy) is 1. The van der Waals surface area contributed by atoms with Gasteiger partial charge in [-0.1, -0.05) is 0 Å². The SMILES string of the molecule is Cc1cc(C(=O)O)ccc1NC(=O)COC(C)(C)C. The summed E-state index contributed by atoms with van der Waals surface area (Å²) in [6, 6.07) is 4.55. The van der Waals surface area contributed by atoms with Crippen LogP contribution >= 0.6 is 0 Å². The summed E-state index contributed by atoms with van der Waals surface area (Å²) in [4.78, 5) is 22.5. The van der Waals surface area contributed by atoms with Crippen LogP contribution in [0.4, 0.5) is 5.69 Å². The molecule has 0 fully saturated rings. The monoisotopic (exact) mass is 265 g/mol. The minimum atomic E-state index is -0.989. The lowest BCUT2D eigenvalue weighted by Gasteiger charge is -2.19. The van der Waals surface area contributed by atoms with Gasteiger partial charge < -0.3 is 15.2 Å². The number of rotatable bonds is 4. The van der Waals surface area contributed by atoms with Crippen LogP contribution in [0.15, 0.2) is 18.2 Å². The number of hydrogen-bond acceptors (Lipinski definition) is 3. The van der Waals surface area contributed by atoms with E-state index in [0.29, 0.717) is 11.3 Å². The Hall–Kier alpha value is -1.88. The number of anilines is 1. The smallest absolute Gasteiger partial charge is 0.335 e. The van der Waals surface area contributed by atoms with Gasteiger partial charge in [-0.25, -0.2) is 4.79 Å². The van der Waals surface area contributed by atoms with E-state index in [1.54, 1.807) is 13.0 Å². The van der Waals surface area contributed by atoms with E-state index in [-0.39, 0.29) is 23.7 Å². The average Bonchev–Trinajstić information content (AvgIpc) is 2.28. The van der Waals surface area contributed by atoms with Crippen molar-refractivity contribution < 1.29 is 19.4 Å². The highest BCUT2D eigenvalue weighted by Gasteiger charge is 2.14. The molecule has 0 saturated carbocycles. The van der Waals surface area contributed by atoms with Gasteiger partial charge in [0.25, 0.3) is 0 Å². The van der Waals surface area contributed by atoms with Gasteiger partial charge in [-0.15, -0.1) is 0 Å². The minimum Gasteiger partial charge on any atom is -0.478 e. The molecule has 0 aromatic heterocycles. The van der Waals surface area contributed by atoms with Crippen LogP contribution in [-0.2, 0) is 9.53 Å². The van der Waals surface area contributed by atoms with Crippen molar-refractivity contribution in [1.29, 1.82) is 0 Å². The number of hydrogen-bond donors (Lipinski definition) is 2. The fourth-order valence-electron chi connectivity index (χ4n) is 1.41. The van der Waals surface area contributed by atoms with Crippen LogP contribution in [0.2, 0.25) is 0 Å². The van der Waals surface area contributed by atoms with Crippen molar-refractivity contribution in [2.45, 2.75) is 33.3 Å². The minimum absolute atomic E-state index is 0.0381. The highest BCUT2D eigenvalue weighted by molar-refractivity contribution is 5.94. The zero-order chi connectivity index (χ0) is 14.6. The molecule has 0 aliphatic carbocycles. The third kappa shape index (κ3) is 5.09. The molecule has 0 aliphatic rings. The van der Waals surface area contributed by atoms with E-state index in [2.05, 4.69) is 5.32 Å². The highest BCUT2D eigenvalue weighted by atomic mass is 16.5. The third-order valence-corrected chi connectivity index (χ3v) is 2.38. The van der Waals surface area contributed by atoms with Crippen LogP contribution in [-0.4, -0.2) is 29.2 Å². The quantitative estimate of drug-likeness (QED) is 0.876. The molecule has 5 nitrogen and oxygen atoms in total. The first-order valence-corrected chi connectivity index (χ1v) is 5.97. The molecular formula is C14H19NO4. The Labute approximate surface area is 112 Å². The summed E-state index contributed by atoms with van der Waals surface area (Å²) in [6.07, 6.45) is 0. The second-order valence-electron chi connectivity index (χ2n) is 5.28. The molecule has 0 radical (unpaired) electrons. The van der Waals surface area contributed by atoms with Crippen LogP contribution < -0.4 is 5.32 Å². The van der Waals surface area contributed by atoms with Crippen molar-refractivity contribution in [2.75, 3.05) is 11.9 Å². The number of carboxylic acids is 1. The van der Waals surface area contributed by atoms with Crippen molar-refractivity contribution in [2.24, 2.45) is 0 Å². The summed E-state index contributed by atoms with van der Waals surface area (Å²) in [5.41, 5.74) is 1.11. The lowest BCUT2D eigenvalue weighted by molar-refractivity contribution is -0.125. The van der Waals surface area contributed by atoms with Crippen molar-refractivity contribution >= 4 is 17.6 Å². The van der Waals surface area contributed by atoms with E-state index in [4.69, 9.17) is 9.84 Å². The predicted molar refractivity (Wildman–Crippen MR) is 72.5 cm³/mol. The van der Waals surface area contributed by atoms with E-state index in [1.165, 1.54) is 12.1 Å². The summed E-state index contributed by atoms with van der Waals surface area (Å²) >= 11 is 0. The first-order chi connectivity index (χ1) is 8.69. The Balaban J connectivity index is 2.67. The van der Waals surface area contributed by atoms with Crippen LogP contribution in [0.1, 0.15) is 36.7 Å². The summed E-state index contributed by atoms with van der Waals surface area (Å²) in [6.45, 7) is 7.31. The number of nitrogens with one attached hydrogen (secondary N) is 1. The predicted octanol–water partition coefficient (Wildman–Crippen LogP) is 2.45. The number of aryl methyl sites for hydroxylation is 1. The highest BCUT2D eigenvalue weighted by Crippen LogP contribution is 2.17. The molecule has 104 valence electrons. The Morgan fingerprint density at radius 3 is 2.42 bits per heavy atom. The summed E-state index contributed by atoms with van der Waals surface area (Å²) in [5, 5.41) is 11.5. The summed E-state index contributed by atoms with van der Waals surface area (Å²) in [5.74, 6) is -1.25. The molecule has 0 heterocycles. The molecule has 1 rings (SSSR count). The van der Waals surface area contributed by atoms with Gasteiger partial charge in [0.15, 0.2) is 0 Å². The van der Waals surface area contributed by atoms with Gasteiger partial charge in [0.05, 0.1) is 11.2 Å². The molecule has 0 atom stereocenters. The van der Waals surface area contributed by atoms with Crippen LogP contribution in [0.25, 0.3) is 0 Å². The number of carboxylic acid groups (broad SMARTS) is 1. The molecule has 19 heavy (non-hydrogen) atoms. The van der Waals surface area contributed by atoms with E-state index in [0.717, 1.165) is 0 Å². The topological polar surface area (TPSA) is 75.6 Å². The van der Waals surface area contributed by atoms with E-state index in [9.17, 15) is 9.59 Å². The lowest BCUT2D eigenvalue weighted by atomic mass is 10.1. The molecule has 5 heteroatoms. The molecule has 1 amide bonds. The normalized spacial score (nSPS) is 11.2. The molecule has 1 aromatic carbocycles. The van der Waals surface area contributed by atoms with Crippen molar-refractivity contribution in [1.82, 2.24) is 0 Å². The molecule has 0 aliphatic heterocycles. The zero-order valence-corrected chi connectivity index (χ0v) is 11.6. The zero-order valence-electron chi connectivity index (χ0n) is 11.6. The largest absolute Gasteiger partial charge is 0.478 e. The fraction of sp³-hybridized carbons (Fsp3) is 0.429. The van der Waals surface area contributed by atoms with Gasteiger partial charge >= 0.3 is 5.97 Å². The first kappa shape index (κ1) is 15.2. The van der Waals surface area contributed by atoms with Crippen LogP contribution in [0.5, 0.6) is 0 Å². The van der Waals surface area contributed by atoms with Crippen molar-refractivity contribution in [3.63, 3.8) is 0 Å². The fourth-order valence-corrected chi connectivity index (χ4v) is 1.41. The maximum atomic E-state index is 11.7. The summed E-state index contributed by atoms with van der Waals surface area (Å²) in [7, 11) is 0. The first-order valence-electron chi connectivity index (χ1n) is 5.97. The van der Waals surface area contributed by atoms with Gasteiger partial charge in [-0.2, -0.15) is 0 Å². The Morgan fingerprint density at radius 2 is 1.95 bits per heavy atom. The second-order valence-corrected chi connectivity index (χ2v) is 5.28. The van der Waals surface area contributed by atoms with Crippen LogP contribution in [0, 0.1) is 6.92 Å². The summed E-state index contributed by atoms with van der Waals surface area (Å²) < 4.78 is 5.36. The van der Waals surface area contributed by atoms with Gasteiger partial charge in [0.2, 0.25) is 5.91 Å². The Kier molecular flexibility index (Phi) is 4.67. The Bertz CT molecular complexity index is 489. The van der Waals surface area contributed by atoms with Crippen LogP contribution in [0.3, 0.4) is 0 Å². The maximum absolute atomic E-state index is 11.7. The lowest BCUT2D eigenvalue weighted by Crippen LogP contribution is -2.27. The van der Waals surface area contributed by atoms with Gasteiger partial charge in [0.1, 0.15) is 6.61 Å². The average molecular weight is 265 g/mol. The molecule has 0 saturated heterocycles. The van der Waals surface area contributed by atoms with Crippen molar-refractivity contribution in [3.8, 4) is 0 Å². The molecule has 1 aromatic rings. The molecule has 2 N–H and O–H groups in total. The number of carbonyl (C=O) groups is 2. The van der Waals surface area contributed by atoms with E-state index < -0.39 is 5.97 Å². The number of benzene rings is 1. The van der Waals surface area contributed by atoms with Gasteiger partial charge in [-0.05, 0) is 51.5 Å². The molecule has 0 unspecified atom stereocenters. The van der Waals surface area contributed by atoms with E-state index >= 15 is 0 Å².